The molecule has 2 bridgehead atoms. The Hall–Kier alpha value is -0.120. The van der Waals surface area contributed by atoms with E-state index in [2.05, 4.69) is 20.8 Å². The Morgan fingerprint density at radius 1 is 1.19 bits per heavy atom. The topological polar surface area (TPSA) is 33.9 Å². The van der Waals surface area contributed by atoms with E-state index in [1.807, 2.05) is 0 Å². The number of fused-ring (bicyclic) bond motifs is 2. The van der Waals surface area contributed by atoms with E-state index in [9.17, 15) is 5.11 Å². The first kappa shape index (κ1) is 15.8. The monoisotopic (exact) mass is 296 g/mol. The summed E-state index contributed by atoms with van der Waals surface area (Å²) in [5.41, 5.74) is 0.718. The maximum atomic E-state index is 10.3. The highest BCUT2D eigenvalue weighted by molar-refractivity contribution is 5.11. The van der Waals surface area contributed by atoms with Gasteiger partial charge in [-0.15, -0.1) is 0 Å². The molecule has 3 fully saturated rings. The van der Waals surface area contributed by atoms with Crippen molar-refractivity contribution in [3.05, 3.63) is 0 Å². The van der Waals surface area contributed by atoms with Gasteiger partial charge in [-0.05, 0) is 55.3 Å². The third kappa shape index (κ3) is 2.77. The van der Waals surface area contributed by atoms with Crippen LogP contribution >= 0.6 is 0 Å². The number of hydrogen-bond donors (Lipinski definition) is 2. The van der Waals surface area contributed by atoms with Gasteiger partial charge in [-0.3, -0.25) is 0 Å². The van der Waals surface area contributed by atoms with Gasteiger partial charge in [0.2, 0.25) is 0 Å². The quantitative estimate of drug-likeness (QED) is 0.809. The van der Waals surface area contributed by atoms with Crippen LogP contribution in [0.3, 0.4) is 0 Å². The Balaban J connectivity index is 1.47. The van der Waals surface area contributed by atoms with Crippen molar-refractivity contribution in [2.75, 3.05) is 26.2 Å². The minimum absolute atomic E-state index is 0.288. The van der Waals surface area contributed by atoms with Crippen molar-refractivity contribution in [3.63, 3.8) is 0 Å². The first-order valence-corrected chi connectivity index (χ1v) is 9.07. The Bertz CT molecular complexity index is 364. The Morgan fingerprint density at radius 3 is 2.48 bits per heavy atom. The summed E-state index contributed by atoms with van der Waals surface area (Å²) >= 11 is 0. The number of rotatable bonds is 5. The second kappa shape index (κ2) is 5.82. The molecule has 3 heteroatoms. The lowest BCUT2D eigenvalue weighted by molar-refractivity contribution is -0.908. The van der Waals surface area contributed by atoms with Gasteiger partial charge in [0, 0.05) is 0 Å². The fraction of sp³-hybridized carbons (Fsp3) is 1.00. The molecule has 0 spiro atoms. The highest BCUT2D eigenvalue weighted by Gasteiger charge is 2.61. The first-order chi connectivity index (χ1) is 9.93. The third-order valence-corrected chi connectivity index (χ3v) is 7.29. The standard InChI is InChI=1S/C18H33NO2/c1-17(2)14-7-8-18(17,3)16(11-14)21-13-15(20)12-19-9-5-4-6-10-19/h14-16,20H,4-13H2,1-3H3/p+1/t14-,15+,16+,18+/m0/s1. The van der Waals surface area contributed by atoms with Crippen LogP contribution in [0, 0.1) is 16.7 Å². The normalized spacial score (nSPS) is 40.6. The predicted octanol–water partition coefficient (Wildman–Crippen LogP) is 1.65. The second-order valence-electron chi connectivity index (χ2n) is 8.60. The van der Waals surface area contributed by atoms with Crippen molar-refractivity contribution in [2.45, 2.75) is 71.5 Å². The summed E-state index contributed by atoms with van der Waals surface area (Å²) in [6.45, 7) is 11.1. The molecule has 0 radical (unpaired) electrons. The molecule has 3 nitrogen and oxygen atoms in total. The number of aliphatic hydroxyl groups is 1. The van der Waals surface area contributed by atoms with E-state index in [1.54, 1.807) is 4.90 Å². The number of aliphatic hydroxyl groups excluding tert-OH is 1. The van der Waals surface area contributed by atoms with Gasteiger partial charge in [0.15, 0.2) is 0 Å². The fourth-order valence-corrected chi connectivity index (χ4v) is 5.26. The average molecular weight is 296 g/mol. The summed E-state index contributed by atoms with van der Waals surface area (Å²) in [5, 5.41) is 10.3. The number of likely N-dealkylation sites (tertiary alicyclic amines) is 1. The Morgan fingerprint density at radius 2 is 1.90 bits per heavy atom. The van der Waals surface area contributed by atoms with Gasteiger partial charge in [0.1, 0.15) is 12.6 Å². The van der Waals surface area contributed by atoms with Gasteiger partial charge < -0.3 is 14.7 Å². The zero-order valence-electron chi connectivity index (χ0n) is 14.2. The second-order valence-corrected chi connectivity index (χ2v) is 8.60. The van der Waals surface area contributed by atoms with Gasteiger partial charge in [0.25, 0.3) is 0 Å². The molecule has 0 amide bonds. The summed E-state index contributed by atoms with van der Waals surface area (Å²) in [4.78, 5) is 1.57. The summed E-state index contributed by atoms with van der Waals surface area (Å²) in [5.74, 6) is 0.817. The smallest absolute Gasteiger partial charge is 0.126 e. The molecule has 3 rings (SSSR count). The van der Waals surface area contributed by atoms with Crippen LogP contribution in [0.5, 0.6) is 0 Å². The molecule has 4 atom stereocenters. The molecule has 1 saturated heterocycles. The van der Waals surface area contributed by atoms with Gasteiger partial charge in [0.05, 0.1) is 25.8 Å². The van der Waals surface area contributed by atoms with E-state index >= 15 is 0 Å². The van der Waals surface area contributed by atoms with E-state index in [0.717, 1.165) is 12.5 Å². The number of nitrogens with one attached hydrogen (secondary N) is 1. The Kier molecular flexibility index (Phi) is 4.37. The molecule has 0 aromatic carbocycles. The van der Waals surface area contributed by atoms with Crippen LogP contribution in [0.15, 0.2) is 0 Å². The lowest BCUT2D eigenvalue weighted by Gasteiger charge is -2.39. The zero-order valence-corrected chi connectivity index (χ0v) is 14.2. The zero-order chi connectivity index (χ0) is 15.1. The highest BCUT2D eigenvalue weighted by Crippen LogP contribution is 2.66. The van der Waals surface area contributed by atoms with Crippen LogP contribution in [0.25, 0.3) is 0 Å². The van der Waals surface area contributed by atoms with E-state index < -0.39 is 0 Å². The van der Waals surface area contributed by atoms with E-state index in [1.165, 1.54) is 51.6 Å². The molecular weight excluding hydrogens is 262 g/mol. The molecular formula is C18H34NO2+. The van der Waals surface area contributed by atoms with Gasteiger partial charge in [-0.1, -0.05) is 20.8 Å². The van der Waals surface area contributed by atoms with Crippen molar-refractivity contribution in [3.8, 4) is 0 Å². The molecule has 2 N–H and O–H groups in total. The minimum atomic E-state index is -0.288. The summed E-state index contributed by atoms with van der Waals surface area (Å²) in [6.07, 6.45) is 7.94. The van der Waals surface area contributed by atoms with Crippen molar-refractivity contribution in [1.82, 2.24) is 0 Å². The molecule has 2 aliphatic carbocycles. The molecule has 0 aromatic heterocycles. The van der Waals surface area contributed by atoms with Gasteiger partial charge in [-0.25, -0.2) is 0 Å². The van der Waals surface area contributed by atoms with Crippen LogP contribution in [-0.2, 0) is 4.74 Å². The highest BCUT2D eigenvalue weighted by atomic mass is 16.5. The SMILES string of the molecule is CC1(C)[C@H]2CC[C@]1(C)[C@H](OC[C@H](O)C[NH+]1CCCCC1)C2. The van der Waals surface area contributed by atoms with Crippen LogP contribution in [0.1, 0.15) is 59.3 Å². The fourth-order valence-electron chi connectivity index (χ4n) is 5.26. The number of ether oxygens (including phenoxy) is 1. The molecule has 0 unspecified atom stereocenters. The minimum Gasteiger partial charge on any atom is -0.385 e. The predicted molar refractivity (Wildman–Crippen MR) is 84.4 cm³/mol. The largest absolute Gasteiger partial charge is 0.385 e. The van der Waals surface area contributed by atoms with Crippen LogP contribution in [0.4, 0.5) is 0 Å². The maximum Gasteiger partial charge on any atom is 0.126 e. The van der Waals surface area contributed by atoms with Crippen molar-refractivity contribution < 1.29 is 14.7 Å². The molecule has 0 aromatic rings. The van der Waals surface area contributed by atoms with Crippen molar-refractivity contribution in [1.29, 1.82) is 0 Å². The molecule has 122 valence electrons. The van der Waals surface area contributed by atoms with Crippen molar-refractivity contribution >= 4 is 0 Å². The summed E-state index contributed by atoms with van der Waals surface area (Å²) in [7, 11) is 0. The summed E-state index contributed by atoms with van der Waals surface area (Å²) < 4.78 is 6.22. The van der Waals surface area contributed by atoms with Gasteiger partial charge >= 0.3 is 0 Å². The molecule has 2 saturated carbocycles. The molecule has 1 heterocycles. The first-order valence-electron chi connectivity index (χ1n) is 9.07. The van der Waals surface area contributed by atoms with Crippen LogP contribution in [-0.4, -0.2) is 43.6 Å². The maximum absolute atomic E-state index is 10.3. The Labute approximate surface area is 130 Å². The molecule has 3 aliphatic rings. The van der Waals surface area contributed by atoms with Crippen LogP contribution < -0.4 is 4.90 Å². The van der Waals surface area contributed by atoms with E-state index in [-0.39, 0.29) is 6.10 Å². The molecule has 21 heavy (non-hydrogen) atoms. The summed E-state index contributed by atoms with van der Waals surface area (Å²) in [6, 6.07) is 0. The average Bonchev–Trinajstić information content (AvgIpc) is 2.79. The number of hydrogen-bond acceptors (Lipinski definition) is 2. The van der Waals surface area contributed by atoms with Crippen molar-refractivity contribution in [2.24, 2.45) is 16.7 Å². The lowest BCUT2D eigenvalue weighted by Crippen LogP contribution is -3.14. The lowest BCUT2D eigenvalue weighted by atomic mass is 9.70. The number of piperidine rings is 1. The van der Waals surface area contributed by atoms with Crippen LogP contribution in [0.2, 0.25) is 0 Å². The molecule has 1 aliphatic heterocycles. The third-order valence-electron chi connectivity index (χ3n) is 7.29. The van der Waals surface area contributed by atoms with Gasteiger partial charge in [-0.2, -0.15) is 0 Å². The van der Waals surface area contributed by atoms with E-state index in [4.69, 9.17) is 4.74 Å². The van der Waals surface area contributed by atoms with E-state index in [0.29, 0.717) is 23.5 Å². The number of quaternary nitrogens is 1.